The maximum atomic E-state index is 12.5. The van der Waals surface area contributed by atoms with E-state index in [0.29, 0.717) is 22.2 Å². The van der Waals surface area contributed by atoms with Crippen molar-refractivity contribution in [1.82, 2.24) is 19.6 Å². The van der Waals surface area contributed by atoms with E-state index in [0.717, 1.165) is 15.5 Å². The molecule has 0 radical (unpaired) electrons. The number of methoxy groups -OCH3 is 1. The molecule has 0 aliphatic rings. The van der Waals surface area contributed by atoms with Gasteiger partial charge in [-0.1, -0.05) is 23.9 Å². The largest absolute Gasteiger partial charge is 0.496 e. The van der Waals surface area contributed by atoms with Gasteiger partial charge in [0.05, 0.1) is 28.4 Å². The summed E-state index contributed by atoms with van der Waals surface area (Å²) < 4.78 is 7.88. The molecule has 6 nitrogen and oxygen atoms in total. The van der Waals surface area contributed by atoms with Crippen LogP contribution in [-0.2, 0) is 0 Å². The topological polar surface area (TPSA) is 72.3 Å². The summed E-state index contributed by atoms with van der Waals surface area (Å²) in [5.41, 5.74) is 2.49. The van der Waals surface area contributed by atoms with Gasteiger partial charge in [0.2, 0.25) is 5.78 Å². The molecule has 0 saturated carbocycles. The summed E-state index contributed by atoms with van der Waals surface area (Å²) in [5.74, 6) is 1.67. The molecule has 2 aromatic heterocycles. The molecule has 0 aliphatic heterocycles. The number of rotatable bonds is 5. The molecule has 4 aromatic rings. The molecule has 1 N–H and O–H groups in total. The van der Waals surface area contributed by atoms with E-state index in [4.69, 9.17) is 4.74 Å². The SMILES string of the molecule is COc1ccc(C(=O)CSc2n[nH]c3nc4ccccc4n23)cc1Br. The molecule has 0 bridgehead atoms. The Hall–Kier alpha value is -2.32. The number of carbonyl (C=O) groups is 1. The number of aromatic amines is 1. The van der Waals surface area contributed by atoms with Crippen molar-refractivity contribution in [2.24, 2.45) is 0 Å². The van der Waals surface area contributed by atoms with Crippen LogP contribution in [-0.4, -0.2) is 38.2 Å². The van der Waals surface area contributed by atoms with Crippen molar-refractivity contribution >= 4 is 50.3 Å². The van der Waals surface area contributed by atoms with Crippen LogP contribution in [0.1, 0.15) is 10.4 Å². The summed E-state index contributed by atoms with van der Waals surface area (Å²) in [6.07, 6.45) is 0. The summed E-state index contributed by atoms with van der Waals surface area (Å²) in [6.45, 7) is 0. The van der Waals surface area contributed by atoms with Crippen LogP contribution in [0.25, 0.3) is 16.8 Å². The van der Waals surface area contributed by atoms with E-state index >= 15 is 0 Å². The molecule has 25 heavy (non-hydrogen) atoms. The molecule has 2 heterocycles. The van der Waals surface area contributed by atoms with E-state index in [9.17, 15) is 4.79 Å². The van der Waals surface area contributed by atoms with E-state index in [-0.39, 0.29) is 11.5 Å². The number of nitrogens with one attached hydrogen (secondary N) is 1. The van der Waals surface area contributed by atoms with E-state index in [2.05, 4.69) is 31.1 Å². The van der Waals surface area contributed by atoms with Gasteiger partial charge in [-0.3, -0.25) is 9.20 Å². The third-order valence-corrected chi connectivity index (χ3v) is 5.37. The Morgan fingerprint density at radius 1 is 1.32 bits per heavy atom. The number of halogens is 1. The zero-order valence-corrected chi connectivity index (χ0v) is 15.6. The fraction of sp³-hybridized carbons (Fsp3) is 0.118. The van der Waals surface area contributed by atoms with Gasteiger partial charge in [-0.15, -0.1) is 5.10 Å². The van der Waals surface area contributed by atoms with E-state index in [1.54, 1.807) is 25.3 Å². The minimum Gasteiger partial charge on any atom is -0.496 e. The summed E-state index contributed by atoms with van der Waals surface area (Å²) in [5, 5.41) is 7.90. The van der Waals surface area contributed by atoms with Crippen LogP contribution in [0.3, 0.4) is 0 Å². The smallest absolute Gasteiger partial charge is 0.231 e. The Labute approximate surface area is 155 Å². The minimum atomic E-state index is 0.0222. The van der Waals surface area contributed by atoms with Crippen molar-refractivity contribution in [3.63, 3.8) is 0 Å². The van der Waals surface area contributed by atoms with Crippen molar-refractivity contribution in [2.75, 3.05) is 12.9 Å². The van der Waals surface area contributed by atoms with Crippen molar-refractivity contribution in [3.8, 4) is 5.75 Å². The standard InChI is InChI=1S/C17H13BrN4O2S/c1-24-15-7-6-10(8-11(15)18)14(23)9-25-17-21-20-16-19-12-4-2-3-5-13(12)22(16)17/h2-8H,9H2,1H3,(H,19,20). The summed E-state index contributed by atoms with van der Waals surface area (Å²) >= 11 is 4.79. The molecule has 0 fully saturated rings. The molecule has 0 atom stereocenters. The molecular formula is C17H13BrN4O2S. The van der Waals surface area contributed by atoms with E-state index < -0.39 is 0 Å². The lowest BCUT2D eigenvalue weighted by Gasteiger charge is -2.05. The molecule has 8 heteroatoms. The Kier molecular flexibility index (Phi) is 4.22. The maximum absolute atomic E-state index is 12.5. The molecule has 2 aromatic carbocycles. The van der Waals surface area contributed by atoms with Gasteiger partial charge in [0.15, 0.2) is 10.9 Å². The number of carbonyl (C=O) groups excluding carboxylic acids is 1. The molecule has 0 amide bonds. The molecule has 4 rings (SSSR count). The number of ether oxygens (including phenoxy) is 1. The van der Waals surface area contributed by atoms with Crippen LogP contribution in [0.15, 0.2) is 52.1 Å². The first-order valence-corrected chi connectivity index (χ1v) is 9.26. The first-order chi connectivity index (χ1) is 12.2. The van der Waals surface area contributed by atoms with Crippen molar-refractivity contribution in [1.29, 1.82) is 0 Å². The minimum absolute atomic E-state index is 0.0222. The number of imidazole rings is 1. The van der Waals surface area contributed by atoms with E-state index in [1.165, 1.54) is 11.8 Å². The van der Waals surface area contributed by atoms with Crippen LogP contribution in [0.4, 0.5) is 0 Å². The highest BCUT2D eigenvalue weighted by Crippen LogP contribution is 2.27. The monoisotopic (exact) mass is 416 g/mol. The highest BCUT2D eigenvalue weighted by atomic mass is 79.9. The second kappa shape index (κ2) is 6.53. The van der Waals surface area contributed by atoms with Crippen molar-refractivity contribution < 1.29 is 9.53 Å². The zero-order chi connectivity index (χ0) is 17.4. The number of thioether (sulfide) groups is 1. The number of ketones is 1. The van der Waals surface area contributed by atoms with Crippen molar-refractivity contribution in [3.05, 3.63) is 52.5 Å². The van der Waals surface area contributed by atoms with Gasteiger partial charge in [-0.25, -0.2) is 10.1 Å². The summed E-state index contributed by atoms with van der Waals surface area (Å²) in [7, 11) is 1.59. The lowest BCUT2D eigenvalue weighted by molar-refractivity contribution is 0.102. The maximum Gasteiger partial charge on any atom is 0.231 e. The van der Waals surface area contributed by atoms with Gasteiger partial charge >= 0.3 is 0 Å². The average Bonchev–Trinajstić information content (AvgIpc) is 3.18. The average molecular weight is 417 g/mol. The number of fused-ring (bicyclic) bond motifs is 3. The van der Waals surface area contributed by atoms with Gasteiger partial charge in [0, 0.05) is 5.56 Å². The molecule has 0 spiro atoms. The van der Waals surface area contributed by atoms with Gasteiger partial charge in [0.25, 0.3) is 0 Å². The molecule has 0 aliphatic carbocycles. The second-order valence-electron chi connectivity index (χ2n) is 5.33. The second-order valence-corrected chi connectivity index (χ2v) is 7.12. The Balaban J connectivity index is 1.58. The van der Waals surface area contributed by atoms with Crippen LogP contribution < -0.4 is 4.74 Å². The van der Waals surface area contributed by atoms with Crippen LogP contribution in [0.5, 0.6) is 5.75 Å². The van der Waals surface area contributed by atoms with Crippen molar-refractivity contribution in [2.45, 2.75) is 5.16 Å². The van der Waals surface area contributed by atoms with Gasteiger partial charge in [-0.05, 0) is 46.3 Å². The van der Waals surface area contributed by atoms with Crippen LogP contribution >= 0.6 is 27.7 Å². The number of Topliss-reactive ketones (excluding diaryl/α,β-unsaturated/α-hetero) is 1. The van der Waals surface area contributed by atoms with Gasteiger partial charge < -0.3 is 4.74 Å². The highest BCUT2D eigenvalue weighted by Gasteiger charge is 2.15. The normalized spacial score (nSPS) is 11.3. The van der Waals surface area contributed by atoms with Gasteiger partial charge in [-0.2, -0.15) is 0 Å². The summed E-state index contributed by atoms with van der Waals surface area (Å²) in [4.78, 5) is 17.0. The number of hydrogen-bond donors (Lipinski definition) is 1. The third kappa shape index (κ3) is 2.91. The molecule has 126 valence electrons. The Morgan fingerprint density at radius 2 is 2.16 bits per heavy atom. The predicted molar refractivity (Wildman–Crippen MR) is 101 cm³/mol. The number of H-pyrrole nitrogens is 1. The van der Waals surface area contributed by atoms with Gasteiger partial charge in [0.1, 0.15) is 5.75 Å². The molecule has 0 unspecified atom stereocenters. The predicted octanol–water partition coefficient (Wildman–Crippen LogP) is 3.96. The number of aromatic nitrogens is 4. The number of hydrogen-bond acceptors (Lipinski definition) is 5. The molecule has 0 saturated heterocycles. The molecular weight excluding hydrogens is 404 g/mol. The quantitative estimate of drug-likeness (QED) is 0.393. The fourth-order valence-corrected chi connectivity index (χ4v) is 3.98. The van der Waals surface area contributed by atoms with E-state index in [1.807, 2.05) is 28.7 Å². The Morgan fingerprint density at radius 3 is 2.96 bits per heavy atom. The third-order valence-electron chi connectivity index (χ3n) is 3.81. The number of nitrogens with zero attached hydrogens (tertiary/aromatic N) is 3. The first-order valence-electron chi connectivity index (χ1n) is 7.48. The highest BCUT2D eigenvalue weighted by molar-refractivity contribution is 9.10. The fourth-order valence-electron chi connectivity index (χ4n) is 2.59. The van der Waals surface area contributed by atoms with Crippen LogP contribution in [0, 0.1) is 0 Å². The van der Waals surface area contributed by atoms with Crippen LogP contribution in [0.2, 0.25) is 0 Å². The number of benzene rings is 2. The number of para-hydroxylation sites is 2. The zero-order valence-electron chi connectivity index (χ0n) is 13.2. The first kappa shape index (κ1) is 16.2. The summed E-state index contributed by atoms with van der Waals surface area (Å²) in [6, 6.07) is 13.1. The lowest BCUT2D eigenvalue weighted by Crippen LogP contribution is -2.03. The lowest BCUT2D eigenvalue weighted by atomic mass is 10.1. The Bertz CT molecular complexity index is 1090.